The number of halogens is 1. The number of nitrogens with one attached hydrogen (secondary N) is 1. The minimum absolute atomic E-state index is 0.0976. The fraction of sp³-hybridized carbons (Fsp3) is 0.500. The molecule has 5 atom stereocenters. The van der Waals surface area contributed by atoms with Crippen LogP contribution in [0.3, 0.4) is 0 Å². The van der Waals surface area contributed by atoms with Gasteiger partial charge in [-0.25, -0.2) is 9.38 Å². The predicted octanol–water partition coefficient (Wildman–Crippen LogP) is 3.89. The van der Waals surface area contributed by atoms with Gasteiger partial charge in [0.05, 0.1) is 36.8 Å². The summed E-state index contributed by atoms with van der Waals surface area (Å²) in [6.07, 6.45) is 4.05. The maximum atomic E-state index is 14.2. The van der Waals surface area contributed by atoms with Gasteiger partial charge < -0.3 is 15.8 Å². The van der Waals surface area contributed by atoms with Crippen LogP contribution in [0.1, 0.15) is 70.2 Å². The lowest BCUT2D eigenvalue weighted by atomic mass is 9.79. The zero-order valence-corrected chi connectivity index (χ0v) is 21.7. The molecule has 1 fully saturated rings. The van der Waals surface area contributed by atoms with E-state index >= 15 is 0 Å². The van der Waals surface area contributed by atoms with Gasteiger partial charge in [-0.15, -0.1) is 0 Å². The maximum Gasteiger partial charge on any atom is 0.232 e. The summed E-state index contributed by atoms with van der Waals surface area (Å²) >= 11 is 0. The normalized spacial score (nSPS) is 29.0. The Kier molecular flexibility index (Phi) is 6.20. The number of ether oxygens (including phenoxy) is 1. The van der Waals surface area contributed by atoms with E-state index in [4.69, 9.17) is 10.5 Å². The Labute approximate surface area is 216 Å². The Morgan fingerprint density at radius 1 is 1.30 bits per heavy atom. The number of aromatic nitrogens is 1. The largest absolute Gasteiger partial charge is 0.493 e. The monoisotopic (exact) mass is 507 g/mol. The van der Waals surface area contributed by atoms with E-state index in [9.17, 15) is 14.0 Å². The van der Waals surface area contributed by atoms with Gasteiger partial charge in [-0.1, -0.05) is 39.0 Å². The maximum absolute atomic E-state index is 14.2. The van der Waals surface area contributed by atoms with Gasteiger partial charge in [-0.3, -0.25) is 19.5 Å². The second kappa shape index (κ2) is 9.11. The lowest BCUT2D eigenvalue weighted by Crippen LogP contribution is -2.52. The van der Waals surface area contributed by atoms with Crippen molar-refractivity contribution in [3.63, 3.8) is 0 Å². The van der Waals surface area contributed by atoms with Gasteiger partial charge >= 0.3 is 0 Å². The number of carbonyl (C=O) groups is 2. The van der Waals surface area contributed by atoms with Crippen molar-refractivity contribution in [2.75, 3.05) is 6.61 Å². The van der Waals surface area contributed by atoms with Crippen molar-refractivity contribution in [3.05, 3.63) is 59.7 Å². The second-order valence-corrected chi connectivity index (χ2v) is 11.4. The quantitative estimate of drug-likeness (QED) is 0.617. The molecule has 0 bridgehead atoms. The van der Waals surface area contributed by atoms with Crippen molar-refractivity contribution in [3.8, 4) is 5.75 Å². The number of carbonyl (C=O) groups excluding carboxylic acids is 2. The summed E-state index contributed by atoms with van der Waals surface area (Å²) in [5, 5.41) is 3.25. The summed E-state index contributed by atoms with van der Waals surface area (Å²) in [5.74, 6) is -0.539. The number of aliphatic imine (C=N–C) groups is 1. The fourth-order valence-corrected chi connectivity index (χ4v) is 5.59. The zero-order chi connectivity index (χ0) is 26.5. The van der Waals surface area contributed by atoms with Crippen LogP contribution in [0.5, 0.6) is 5.75 Å². The fourth-order valence-electron chi connectivity index (χ4n) is 5.59. The SMILES string of the molecule is CC[C@@]1(C)CC(=O)N(C(c2cncc(F)c2)[C@@H]2C[C@H]2C(=O)NC2c3ccccc3OCC2(C)C)C(N)=N1. The smallest absolute Gasteiger partial charge is 0.232 e. The van der Waals surface area contributed by atoms with Crippen LogP contribution < -0.4 is 15.8 Å². The van der Waals surface area contributed by atoms with Crippen molar-refractivity contribution in [2.24, 2.45) is 28.0 Å². The molecule has 1 aliphatic carbocycles. The molecular weight excluding hydrogens is 473 g/mol. The first-order valence-electron chi connectivity index (χ1n) is 12.8. The Morgan fingerprint density at radius 2 is 2.05 bits per heavy atom. The first kappa shape index (κ1) is 25.2. The summed E-state index contributed by atoms with van der Waals surface area (Å²) in [6, 6.07) is 8.23. The van der Waals surface area contributed by atoms with Crippen LogP contribution in [-0.4, -0.2) is 39.8 Å². The minimum Gasteiger partial charge on any atom is -0.493 e. The number of nitrogens with two attached hydrogens (primary N) is 1. The number of pyridine rings is 1. The molecule has 1 aromatic carbocycles. The highest BCUT2D eigenvalue weighted by Crippen LogP contribution is 2.52. The molecule has 3 N–H and O–H groups in total. The number of hydrogen-bond acceptors (Lipinski definition) is 6. The molecule has 2 aromatic rings. The van der Waals surface area contributed by atoms with Crippen molar-refractivity contribution < 1.29 is 18.7 Å². The van der Waals surface area contributed by atoms with Crippen molar-refractivity contribution in [1.29, 1.82) is 0 Å². The van der Waals surface area contributed by atoms with Crippen LogP contribution in [0.25, 0.3) is 0 Å². The molecule has 5 rings (SSSR count). The first-order valence-corrected chi connectivity index (χ1v) is 12.8. The van der Waals surface area contributed by atoms with E-state index in [0.717, 1.165) is 17.5 Å². The number of nitrogens with zero attached hydrogens (tertiary/aromatic N) is 3. The van der Waals surface area contributed by atoms with Gasteiger partial charge in [-0.2, -0.15) is 0 Å². The first-order chi connectivity index (χ1) is 17.5. The van der Waals surface area contributed by atoms with Crippen LogP contribution in [0.4, 0.5) is 4.39 Å². The minimum atomic E-state index is -0.633. The molecule has 1 aromatic heterocycles. The Bertz CT molecular complexity index is 1260. The average molecular weight is 508 g/mol. The topological polar surface area (TPSA) is 110 Å². The number of guanidine groups is 1. The molecular formula is C28H34FN5O3. The predicted molar refractivity (Wildman–Crippen MR) is 137 cm³/mol. The van der Waals surface area contributed by atoms with E-state index in [1.807, 2.05) is 38.1 Å². The summed E-state index contributed by atoms with van der Waals surface area (Å²) < 4.78 is 20.1. The number of hydrogen-bond donors (Lipinski definition) is 2. The van der Waals surface area contributed by atoms with Gasteiger partial charge in [0.1, 0.15) is 11.6 Å². The van der Waals surface area contributed by atoms with Gasteiger partial charge in [0.15, 0.2) is 5.96 Å². The molecule has 3 aliphatic rings. The van der Waals surface area contributed by atoms with Crippen LogP contribution in [0.15, 0.2) is 47.7 Å². The molecule has 9 heteroatoms. The molecule has 196 valence electrons. The molecule has 0 saturated heterocycles. The molecule has 3 heterocycles. The standard InChI is InChI=1S/C28H34FN5O3/c1-5-28(4)12-22(35)34(26(30)33-28)23(16-10-17(29)14-31-13-16)19-11-20(19)25(36)32-24-18-8-6-7-9-21(18)37-15-27(24,2)3/h6-10,13-14,19-20,23-24H,5,11-12,15H2,1-4H3,(H2,30,33)(H,32,36)/t19-,20-,23?,24?,28+/m1/s1. The third kappa shape index (κ3) is 4.67. The summed E-state index contributed by atoms with van der Waals surface area (Å²) in [5.41, 5.74) is 6.90. The average Bonchev–Trinajstić information content (AvgIpc) is 3.63. The molecule has 0 spiro atoms. The Balaban J connectivity index is 1.43. The number of fused-ring (bicyclic) bond motifs is 1. The van der Waals surface area contributed by atoms with Crippen LogP contribution in [0, 0.1) is 23.1 Å². The van der Waals surface area contributed by atoms with E-state index in [0.29, 0.717) is 25.0 Å². The summed E-state index contributed by atoms with van der Waals surface area (Å²) in [6.45, 7) is 8.47. The highest BCUT2D eigenvalue weighted by atomic mass is 19.1. The lowest BCUT2D eigenvalue weighted by molar-refractivity contribution is -0.132. The second-order valence-electron chi connectivity index (χ2n) is 11.4. The zero-order valence-electron chi connectivity index (χ0n) is 21.7. The molecule has 0 radical (unpaired) electrons. The van der Waals surface area contributed by atoms with Crippen molar-refractivity contribution in [2.45, 2.75) is 64.6 Å². The third-order valence-electron chi connectivity index (χ3n) is 8.02. The van der Waals surface area contributed by atoms with Crippen LogP contribution in [0.2, 0.25) is 0 Å². The number of amides is 2. The molecule has 2 amide bonds. The molecule has 2 aliphatic heterocycles. The van der Waals surface area contributed by atoms with E-state index < -0.39 is 17.4 Å². The van der Waals surface area contributed by atoms with E-state index in [1.54, 1.807) is 0 Å². The van der Waals surface area contributed by atoms with Crippen LogP contribution >= 0.6 is 0 Å². The summed E-state index contributed by atoms with van der Waals surface area (Å²) in [4.78, 5) is 37.0. The molecule has 2 unspecified atom stereocenters. The number of rotatable bonds is 6. The molecule has 8 nitrogen and oxygen atoms in total. The van der Waals surface area contributed by atoms with Gasteiger partial charge in [0.2, 0.25) is 11.8 Å². The van der Waals surface area contributed by atoms with Crippen LogP contribution in [-0.2, 0) is 9.59 Å². The van der Waals surface area contributed by atoms with Crippen molar-refractivity contribution >= 4 is 17.8 Å². The van der Waals surface area contributed by atoms with Gasteiger partial charge in [0, 0.05) is 23.1 Å². The molecule has 1 saturated carbocycles. The van der Waals surface area contributed by atoms with E-state index in [2.05, 4.69) is 29.1 Å². The Morgan fingerprint density at radius 3 is 2.76 bits per heavy atom. The third-order valence-corrected chi connectivity index (χ3v) is 8.02. The van der Waals surface area contributed by atoms with Gasteiger partial charge in [-0.05, 0) is 43.4 Å². The highest BCUT2D eigenvalue weighted by Gasteiger charge is 2.54. The summed E-state index contributed by atoms with van der Waals surface area (Å²) in [7, 11) is 0. The van der Waals surface area contributed by atoms with E-state index in [-0.39, 0.29) is 47.5 Å². The lowest BCUT2D eigenvalue weighted by Gasteiger charge is -2.40. The van der Waals surface area contributed by atoms with E-state index in [1.165, 1.54) is 17.2 Å². The van der Waals surface area contributed by atoms with Gasteiger partial charge in [0.25, 0.3) is 0 Å². The number of benzene rings is 1. The highest BCUT2D eigenvalue weighted by molar-refractivity contribution is 5.99. The van der Waals surface area contributed by atoms with Crippen molar-refractivity contribution in [1.82, 2.24) is 15.2 Å². The Hall–Kier alpha value is -3.49. The number of para-hydroxylation sites is 1. The molecule has 37 heavy (non-hydrogen) atoms.